The average Bonchev–Trinajstić information content (AvgIpc) is 3.94. The minimum absolute atomic E-state index is 0.0799. The lowest BCUT2D eigenvalue weighted by Crippen LogP contribution is -2.57. The first-order chi connectivity index (χ1) is 30.3. The molecule has 9 rings (SSSR count). The quantitative estimate of drug-likeness (QED) is 0.0299. The minimum atomic E-state index is -1.29. The number of fused-ring (bicyclic) bond motifs is 2. The lowest BCUT2D eigenvalue weighted by atomic mass is 9.77. The summed E-state index contributed by atoms with van der Waals surface area (Å²) in [5.41, 5.74) is 4.42. The second kappa shape index (κ2) is 18.2. The number of aliphatic carboxylic acids is 1. The molecule has 0 aliphatic carbocycles. The van der Waals surface area contributed by atoms with E-state index in [4.69, 9.17) is 26.4 Å². The van der Waals surface area contributed by atoms with Crippen LogP contribution in [0.5, 0.6) is 0 Å². The molecule has 310 valence electrons. The van der Waals surface area contributed by atoms with E-state index >= 15 is 0 Å². The number of halogens is 1. The summed E-state index contributed by atoms with van der Waals surface area (Å²) in [5, 5.41) is 22.6. The molecule has 1 unspecified atom stereocenters. The Morgan fingerprint density at radius 1 is 0.871 bits per heavy atom. The van der Waals surface area contributed by atoms with Crippen molar-refractivity contribution in [2.75, 3.05) is 5.32 Å². The van der Waals surface area contributed by atoms with Crippen LogP contribution < -0.4 is 10.6 Å². The molecular weight excluding hydrogens is 880 g/mol. The summed E-state index contributed by atoms with van der Waals surface area (Å²) in [6.45, 7) is 0.0799. The van der Waals surface area contributed by atoms with Crippen molar-refractivity contribution in [3.05, 3.63) is 189 Å². The van der Waals surface area contributed by atoms with Gasteiger partial charge >= 0.3 is 5.97 Å². The smallest absolute Gasteiger partial charge is 0.353 e. The van der Waals surface area contributed by atoms with Crippen LogP contribution in [0, 0.1) is 0 Å². The molecule has 2 aliphatic heterocycles. The summed E-state index contributed by atoms with van der Waals surface area (Å²) in [7, 11) is 0. The van der Waals surface area contributed by atoms with Crippen LogP contribution in [0.15, 0.2) is 165 Å². The number of alkyl halides is 1. The second-order valence-electron chi connectivity index (χ2n) is 14.2. The van der Waals surface area contributed by atoms with Gasteiger partial charge in [0.15, 0.2) is 15.2 Å². The van der Waals surface area contributed by atoms with Gasteiger partial charge in [0, 0.05) is 11.3 Å². The van der Waals surface area contributed by atoms with Crippen LogP contribution in [0.25, 0.3) is 10.2 Å². The van der Waals surface area contributed by atoms with Crippen LogP contribution in [0.3, 0.4) is 0 Å². The van der Waals surface area contributed by atoms with Gasteiger partial charge in [-0.3, -0.25) is 14.5 Å². The van der Waals surface area contributed by atoms with Crippen LogP contribution in [0.2, 0.25) is 0 Å². The molecule has 2 atom stereocenters. The van der Waals surface area contributed by atoms with E-state index in [2.05, 4.69) is 52.2 Å². The van der Waals surface area contributed by atoms with Crippen LogP contribution >= 0.6 is 57.8 Å². The third kappa shape index (κ3) is 8.33. The molecule has 11 nitrogen and oxygen atoms in total. The van der Waals surface area contributed by atoms with Crippen LogP contribution in [-0.2, 0) is 37.2 Å². The van der Waals surface area contributed by atoms with E-state index < -0.39 is 28.2 Å². The molecule has 7 aromatic rings. The Hall–Kier alpha value is -5.97. The number of carbonyl (C=O) groups excluding carboxylic acids is 2. The number of hydrogen-bond donors (Lipinski definition) is 3. The second-order valence-corrected chi connectivity index (χ2v) is 18.9. The molecule has 62 heavy (non-hydrogen) atoms. The van der Waals surface area contributed by atoms with Crippen molar-refractivity contribution in [3.8, 4) is 0 Å². The molecule has 0 radical (unpaired) electrons. The highest BCUT2D eigenvalue weighted by atomic mass is 35.5. The largest absolute Gasteiger partial charge is 0.477 e. The van der Waals surface area contributed by atoms with Gasteiger partial charge in [-0.1, -0.05) is 144 Å². The lowest BCUT2D eigenvalue weighted by Gasteiger charge is -2.46. The van der Waals surface area contributed by atoms with Crippen molar-refractivity contribution in [3.63, 3.8) is 0 Å². The van der Waals surface area contributed by atoms with Gasteiger partial charge in [-0.15, -0.1) is 46.0 Å². The first-order valence-corrected chi connectivity index (χ1v) is 23.3. The van der Waals surface area contributed by atoms with E-state index in [1.807, 2.05) is 103 Å². The normalized spacial score (nSPS) is 16.4. The topological polar surface area (TPSA) is 146 Å². The maximum absolute atomic E-state index is 14.7. The summed E-state index contributed by atoms with van der Waals surface area (Å²) in [5.74, 6) is -1.93. The molecule has 0 bridgehead atoms. The minimum Gasteiger partial charge on any atom is -0.477 e. The number of anilines is 1. The first-order valence-electron chi connectivity index (χ1n) is 19.3. The molecule has 2 amide bonds. The van der Waals surface area contributed by atoms with E-state index in [0.29, 0.717) is 20.9 Å². The summed E-state index contributed by atoms with van der Waals surface area (Å²) < 4.78 is 1.43. The molecule has 2 aliphatic rings. The van der Waals surface area contributed by atoms with Gasteiger partial charge in [0.1, 0.15) is 28.9 Å². The Kier molecular flexibility index (Phi) is 12.1. The third-order valence-electron chi connectivity index (χ3n) is 10.3. The standard InChI is InChI=1S/C46H35ClN6O5S4/c47-25-29-21-22-35-33(23-29)49-45(60-35)62-40-39(43(56)57)53-36(54)24-37(53)61-42(40)50-41(55)38(52-58-26-28-13-5-1-6-14-28)34-27-59-44(48-34)51-46(30-15-7-2-8-16-30,31-17-9-3-10-18-31)32-19-11-4-12-20-32/h1-23,27,37,42H,24-26H2,(H,48,51)(H,50,55)(H,56,57)/t37-,42?/m0/s1. The fourth-order valence-corrected chi connectivity index (χ4v) is 12.0. The van der Waals surface area contributed by atoms with Crippen LogP contribution in [0.4, 0.5) is 5.13 Å². The van der Waals surface area contributed by atoms with Crippen LogP contribution in [-0.4, -0.2) is 54.2 Å². The number of β-lactam (4-membered cyclic amide) rings is 1. The van der Waals surface area contributed by atoms with E-state index in [9.17, 15) is 19.5 Å². The summed E-state index contributed by atoms with van der Waals surface area (Å²) in [6, 6.07) is 45.5. The Morgan fingerprint density at radius 3 is 2.10 bits per heavy atom. The van der Waals surface area contributed by atoms with Crippen molar-refractivity contribution in [1.29, 1.82) is 0 Å². The highest BCUT2D eigenvalue weighted by molar-refractivity contribution is 8.07. The number of nitrogens with zero attached hydrogens (tertiary/aromatic N) is 4. The fraction of sp³-hybridized carbons (Fsp3) is 0.130. The van der Waals surface area contributed by atoms with E-state index in [0.717, 1.165) is 44.3 Å². The third-order valence-corrected chi connectivity index (χ3v) is 15.0. The zero-order valence-corrected chi connectivity index (χ0v) is 36.5. The molecule has 1 saturated heterocycles. The number of oxime groups is 1. The number of hydrogen-bond acceptors (Lipinski definition) is 12. The van der Waals surface area contributed by atoms with Crippen molar-refractivity contribution < 1.29 is 24.3 Å². The molecule has 2 aromatic heterocycles. The van der Waals surface area contributed by atoms with Crippen molar-refractivity contribution >= 4 is 96.6 Å². The predicted molar refractivity (Wildman–Crippen MR) is 247 cm³/mol. The van der Waals surface area contributed by atoms with Gasteiger partial charge in [-0.25, -0.2) is 14.8 Å². The van der Waals surface area contributed by atoms with Crippen molar-refractivity contribution in [2.24, 2.45) is 5.16 Å². The predicted octanol–water partition coefficient (Wildman–Crippen LogP) is 9.65. The van der Waals surface area contributed by atoms with Crippen LogP contribution in [0.1, 0.15) is 39.9 Å². The zero-order valence-electron chi connectivity index (χ0n) is 32.5. The Labute approximate surface area is 377 Å². The summed E-state index contributed by atoms with van der Waals surface area (Å²) in [6.07, 6.45) is 0.127. The van der Waals surface area contributed by atoms with E-state index in [-0.39, 0.29) is 40.9 Å². The van der Waals surface area contributed by atoms with Crippen molar-refractivity contribution in [1.82, 2.24) is 20.2 Å². The number of rotatable bonds is 15. The van der Waals surface area contributed by atoms with E-state index in [1.54, 1.807) is 5.38 Å². The molecule has 3 N–H and O–H groups in total. The molecule has 4 heterocycles. The Balaban J connectivity index is 1.08. The van der Waals surface area contributed by atoms with E-state index in [1.165, 1.54) is 39.3 Å². The molecule has 0 saturated carbocycles. The Bertz CT molecular complexity index is 2730. The first kappa shape index (κ1) is 41.4. The number of carbonyl (C=O) groups is 3. The fourth-order valence-electron chi connectivity index (χ4n) is 7.33. The number of thioether (sulfide) groups is 2. The van der Waals surface area contributed by atoms with Gasteiger partial charge in [0.25, 0.3) is 5.91 Å². The van der Waals surface area contributed by atoms with Gasteiger partial charge in [-0.05, 0) is 39.9 Å². The lowest BCUT2D eigenvalue weighted by molar-refractivity contribution is -0.146. The highest BCUT2D eigenvalue weighted by Gasteiger charge is 2.50. The molecular formula is C46H35ClN6O5S4. The molecule has 16 heteroatoms. The Morgan fingerprint density at radius 2 is 1.50 bits per heavy atom. The highest BCUT2D eigenvalue weighted by Crippen LogP contribution is 2.49. The maximum Gasteiger partial charge on any atom is 0.353 e. The number of amides is 2. The molecule has 0 spiro atoms. The number of nitrogens with one attached hydrogen (secondary N) is 2. The summed E-state index contributed by atoms with van der Waals surface area (Å²) >= 11 is 11.2. The van der Waals surface area contributed by atoms with Gasteiger partial charge in [0.2, 0.25) is 5.91 Å². The number of benzene rings is 5. The zero-order chi connectivity index (χ0) is 42.6. The molecule has 5 aromatic carbocycles. The van der Waals surface area contributed by atoms with Crippen molar-refractivity contribution in [2.45, 2.75) is 39.5 Å². The number of thiazole rings is 2. The molecule has 1 fully saturated rings. The van der Waals surface area contributed by atoms with Gasteiger partial charge in [0.05, 0.1) is 26.9 Å². The monoisotopic (exact) mass is 914 g/mol. The van der Waals surface area contributed by atoms with Gasteiger partial charge in [-0.2, -0.15) is 0 Å². The number of carboxylic acid groups (broad SMARTS) is 1. The maximum atomic E-state index is 14.7. The SMILES string of the molecule is O=C(O)C1=C(Sc2nc3cc(CCl)ccc3s2)C(NC(=O)C(=NOCc2ccccc2)c2csc(NC(c3ccccc3)(c3ccccc3)c3ccccc3)n2)S[C@H]2CC(=O)N12. The number of carboxylic acids is 1. The summed E-state index contributed by atoms with van der Waals surface area (Å²) in [4.78, 5) is 57.6. The average molecular weight is 916 g/mol. The number of aromatic nitrogens is 2. The van der Waals surface area contributed by atoms with Gasteiger partial charge < -0.3 is 20.6 Å².